The number of rotatable bonds is 5. The van der Waals surface area contributed by atoms with Gasteiger partial charge in [-0.2, -0.15) is 19.0 Å². The van der Waals surface area contributed by atoms with Gasteiger partial charge in [-0.25, -0.2) is 0 Å². The summed E-state index contributed by atoms with van der Waals surface area (Å²) in [6, 6.07) is 11.2. The molecule has 1 heterocycles. The Kier molecular flexibility index (Phi) is 3.94. The molecular formula is C13H13F2N3. The van der Waals surface area contributed by atoms with Crippen molar-refractivity contribution < 1.29 is 8.78 Å². The summed E-state index contributed by atoms with van der Waals surface area (Å²) in [6.45, 7) is -0.149. The van der Waals surface area contributed by atoms with Crippen LogP contribution in [-0.2, 0) is 12.5 Å². The van der Waals surface area contributed by atoms with Crippen LogP contribution < -0.4 is 5.32 Å². The Morgan fingerprint density at radius 2 is 1.83 bits per heavy atom. The molecule has 0 bridgehead atoms. The molecule has 0 aliphatic rings. The molecule has 5 heteroatoms. The maximum Gasteiger partial charge on any atom is 0.285 e. The van der Waals surface area contributed by atoms with Crippen molar-refractivity contribution in [3.05, 3.63) is 59.9 Å². The fraction of sp³-hybridized carbons (Fsp3) is 0.231. The molecule has 0 saturated carbocycles. The summed E-state index contributed by atoms with van der Waals surface area (Å²) in [6.07, 6.45) is 1.54. The second-order valence-corrected chi connectivity index (χ2v) is 3.89. The maximum atomic E-state index is 13.8. The molecule has 0 unspecified atom stereocenters. The van der Waals surface area contributed by atoms with E-state index in [1.165, 1.54) is 12.1 Å². The van der Waals surface area contributed by atoms with Gasteiger partial charge >= 0.3 is 0 Å². The molecule has 0 saturated heterocycles. The molecule has 0 fully saturated rings. The first-order valence-electron chi connectivity index (χ1n) is 5.59. The summed E-state index contributed by atoms with van der Waals surface area (Å²) < 4.78 is 27.5. The van der Waals surface area contributed by atoms with Crippen molar-refractivity contribution in [2.45, 2.75) is 12.5 Å². The van der Waals surface area contributed by atoms with E-state index in [4.69, 9.17) is 0 Å². The van der Waals surface area contributed by atoms with Crippen LogP contribution in [0, 0.1) is 0 Å². The van der Waals surface area contributed by atoms with Crippen LogP contribution in [-0.4, -0.2) is 16.7 Å². The number of nitrogens with one attached hydrogen (secondary N) is 1. The maximum absolute atomic E-state index is 13.8. The second kappa shape index (κ2) is 5.64. The third kappa shape index (κ3) is 3.30. The molecule has 94 valence electrons. The molecule has 1 aromatic heterocycles. The van der Waals surface area contributed by atoms with E-state index >= 15 is 0 Å². The summed E-state index contributed by atoms with van der Waals surface area (Å²) in [7, 11) is 0. The summed E-state index contributed by atoms with van der Waals surface area (Å²) in [5.74, 6) is -2.89. The molecule has 0 atom stereocenters. The van der Waals surface area contributed by atoms with Crippen molar-refractivity contribution in [1.29, 1.82) is 0 Å². The van der Waals surface area contributed by atoms with Crippen LogP contribution in [0.2, 0.25) is 0 Å². The quantitative estimate of drug-likeness (QED) is 0.884. The summed E-state index contributed by atoms with van der Waals surface area (Å²) >= 11 is 0. The van der Waals surface area contributed by atoms with Crippen LogP contribution in [0.5, 0.6) is 0 Å². The number of benzene rings is 1. The molecule has 2 aromatic rings. The van der Waals surface area contributed by atoms with E-state index in [0.717, 1.165) is 0 Å². The number of aromatic nitrogens is 2. The van der Waals surface area contributed by atoms with Crippen molar-refractivity contribution in [3.63, 3.8) is 0 Å². The van der Waals surface area contributed by atoms with Crippen LogP contribution in [0.25, 0.3) is 0 Å². The molecule has 18 heavy (non-hydrogen) atoms. The Balaban J connectivity index is 1.90. The van der Waals surface area contributed by atoms with Crippen molar-refractivity contribution in [2.24, 2.45) is 0 Å². The fourth-order valence-electron chi connectivity index (χ4n) is 1.56. The molecular weight excluding hydrogens is 236 g/mol. The number of hydrogen-bond donors (Lipinski definition) is 1. The minimum absolute atomic E-state index is 0.0108. The van der Waals surface area contributed by atoms with Crippen LogP contribution in [0.3, 0.4) is 0 Å². The summed E-state index contributed by atoms with van der Waals surface area (Å²) in [4.78, 5) is 0. The lowest BCUT2D eigenvalue weighted by atomic mass is 10.1. The van der Waals surface area contributed by atoms with Crippen molar-refractivity contribution >= 4 is 0 Å². The highest BCUT2D eigenvalue weighted by molar-refractivity contribution is 5.20. The second-order valence-electron chi connectivity index (χ2n) is 3.89. The average Bonchev–Trinajstić information content (AvgIpc) is 2.41. The van der Waals surface area contributed by atoms with E-state index < -0.39 is 12.5 Å². The third-order valence-corrected chi connectivity index (χ3v) is 2.48. The van der Waals surface area contributed by atoms with Gasteiger partial charge in [0.25, 0.3) is 5.92 Å². The molecule has 3 nitrogen and oxygen atoms in total. The zero-order valence-electron chi connectivity index (χ0n) is 9.68. The zero-order valence-corrected chi connectivity index (χ0v) is 9.68. The number of nitrogens with zero attached hydrogens (tertiary/aromatic N) is 2. The van der Waals surface area contributed by atoms with Gasteiger partial charge in [-0.3, -0.25) is 0 Å². The van der Waals surface area contributed by atoms with Gasteiger partial charge in [-0.1, -0.05) is 30.3 Å². The Morgan fingerprint density at radius 3 is 2.50 bits per heavy atom. The Labute approximate surface area is 104 Å². The van der Waals surface area contributed by atoms with Crippen LogP contribution >= 0.6 is 0 Å². The predicted octanol–water partition coefficient (Wildman–Crippen LogP) is 2.36. The lowest BCUT2D eigenvalue weighted by Crippen LogP contribution is -2.30. The van der Waals surface area contributed by atoms with Crippen molar-refractivity contribution in [2.75, 3.05) is 6.54 Å². The van der Waals surface area contributed by atoms with Gasteiger partial charge in [0.1, 0.15) is 0 Å². The van der Waals surface area contributed by atoms with Crippen LogP contribution in [0.15, 0.2) is 48.7 Å². The summed E-state index contributed by atoms with van der Waals surface area (Å²) in [5, 5.41) is 10.2. The van der Waals surface area contributed by atoms with E-state index in [1.54, 1.807) is 36.5 Å². The highest BCUT2D eigenvalue weighted by Gasteiger charge is 2.30. The first-order chi connectivity index (χ1) is 8.68. The summed E-state index contributed by atoms with van der Waals surface area (Å²) in [5.41, 5.74) is 0.651. The first kappa shape index (κ1) is 12.6. The fourth-order valence-corrected chi connectivity index (χ4v) is 1.56. The number of alkyl halides is 2. The first-order valence-corrected chi connectivity index (χ1v) is 5.59. The Morgan fingerprint density at radius 1 is 1.06 bits per heavy atom. The van der Waals surface area contributed by atoms with Gasteiger partial charge in [-0.15, -0.1) is 0 Å². The monoisotopic (exact) mass is 249 g/mol. The number of hydrogen-bond acceptors (Lipinski definition) is 3. The number of halogens is 2. The van der Waals surface area contributed by atoms with Crippen molar-refractivity contribution in [1.82, 2.24) is 15.5 Å². The smallest absolute Gasteiger partial charge is 0.285 e. The highest BCUT2D eigenvalue weighted by Crippen LogP contribution is 2.26. The molecule has 1 aromatic carbocycles. The third-order valence-electron chi connectivity index (χ3n) is 2.48. The van der Waals surface area contributed by atoms with E-state index in [1.807, 2.05) is 0 Å². The Bertz CT molecular complexity index is 474. The van der Waals surface area contributed by atoms with E-state index in [0.29, 0.717) is 5.69 Å². The van der Waals surface area contributed by atoms with Gasteiger partial charge in [0.2, 0.25) is 0 Å². The standard InChI is InChI=1S/C13H13F2N3/c14-13(15,11-5-2-1-3-6-11)10-16-9-12-7-4-8-17-18-12/h1-8,16H,9-10H2. The molecule has 1 N–H and O–H groups in total. The van der Waals surface area contributed by atoms with Gasteiger partial charge < -0.3 is 5.32 Å². The molecule has 2 rings (SSSR count). The average molecular weight is 249 g/mol. The zero-order chi connectivity index (χ0) is 12.8. The largest absolute Gasteiger partial charge is 0.305 e. The topological polar surface area (TPSA) is 37.8 Å². The van der Waals surface area contributed by atoms with E-state index in [2.05, 4.69) is 15.5 Å². The minimum atomic E-state index is -2.89. The van der Waals surface area contributed by atoms with Crippen molar-refractivity contribution in [3.8, 4) is 0 Å². The lowest BCUT2D eigenvalue weighted by Gasteiger charge is -2.17. The molecule has 0 aliphatic carbocycles. The van der Waals surface area contributed by atoms with E-state index in [-0.39, 0.29) is 12.1 Å². The van der Waals surface area contributed by atoms with Gasteiger partial charge in [0, 0.05) is 18.3 Å². The SMILES string of the molecule is FC(F)(CNCc1cccnn1)c1ccccc1. The van der Waals surface area contributed by atoms with Crippen LogP contribution in [0.1, 0.15) is 11.3 Å². The normalized spacial score (nSPS) is 11.4. The van der Waals surface area contributed by atoms with Crippen LogP contribution in [0.4, 0.5) is 8.78 Å². The molecule has 0 aliphatic heterocycles. The molecule has 0 spiro atoms. The lowest BCUT2D eigenvalue weighted by molar-refractivity contribution is -0.00351. The minimum Gasteiger partial charge on any atom is -0.305 e. The molecule has 0 radical (unpaired) electrons. The Hall–Kier alpha value is -1.88. The predicted molar refractivity (Wildman–Crippen MR) is 64.1 cm³/mol. The van der Waals surface area contributed by atoms with E-state index in [9.17, 15) is 8.78 Å². The van der Waals surface area contributed by atoms with Gasteiger partial charge in [0.15, 0.2) is 0 Å². The van der Waals surface area contributed by atoms with Gasteiger partial charge in [-0.05, 0) is 12.1 Å². The van der Waals surface area contributed by atoms with Gasteiger partial charge in [0.05, 0.1) is 12.2 Å². The molecule has 0 amide bonds. The highest BCUT2D eigenvalue weighted by atomic mass is 19.3.